The van der Waals surface area contributed by atoms with E-state index in [0.717, 1.165) is 0 Å². The van der Waals surface area contributed by atoms with Gasteiger partial charge in [-0.05, 0) is 18.2 Å². The fourth-order valence-corrected chi connectivity index (χ4v) is 2.49. The number of nitrogens with one attached hydrogen (secondary N) is 1. The fraction of sp³-hybridized carbons (Fsp3) is 0.500. The lowest BCUT2D eigenvalue weighted by Crippen LogP contribution is -2.64. The summed E-state index contributed by atoms with van der Waals surface area (Å²) in [6.07, 6.45) is -4.95. The molecule has 1 N–H and O–H groups in total. The molecule has 4 nitrogen and oxygen atoms in total. The molecule has 1 atom stereocenters. The normalized spacial score (nSPS) is 22.5. The van der Waals surface area contributed by atoms with Crippen LogP contribution < -0.4 is 10.2 Å². The highest BCUT2D eigenvalue weighted by Gasteiger charge is 2.49. The maximum absolute atomic E-state index is 13.4. The molecular weight excluding hydrogens is 304 g/mol. The number of hydrogen-bond donors (Lipinski definition) is 1. The van der Waals surface area contributed by atoms with Crippen LogP contribution in [0.1, 0.15) is 13.3 Å². The summed E-state index contributed by atoms with van der Waals surface area (Å²) in [7, 11) is 0. The molecule has 122 valence electrons. The highest BCUT2D eigenvalue weighted by molar-refractivity contribution is 5.76. The molecule has 22 heavy (non-hydrogen) atoms. The molecule has 0 saturated carbocycles. The molecule has 2 rings (SSSR count). The van der Waals surface area contributed by atoms with Gasteiger partial charge in [0.15, 0.2) is 5.72 Å². The molecule has 0 radical (unpaired) electrons. The zero-order valence-electron chi connectivity index (χ0n) is 11.9. The van der Waals surface area contributed by atoms with Gasteiger partial charge < -0.3 is 15.0 Å². The number of carbonyl (C=O) groups excluding carboxylic acids is 1. The zero-order chi connectivity index (χ0) is 16.4. The number of nitrogens with zero attached hydrogens (tertiary/aromatic N) is 1. The third kappa shape index (κ3) is 3.32. The molecule has 1 unspecified atom stereocenters. The number of anilines is 1. The van der Waals surface area contributed by atoms with Crippen LogP contribution in [0.4, 0.5) is 23.2 Å². The largest absolute Gasteiger partial charge is 0.491 e. The van der Waals surface area contributed by atoms with E-state index in [9.17, 15) is 22.4 Å². The second-order valence-corrected chi connectivity index (χ2v) is 5.00. The number of piperazine rings is 1. The summed E-state index contributed by atoms with van der Waals surface area (Å²) in [5.74, 6) is -2.76. The van der Waals surface area contributed by atoms with Gasteiger partial charge in [-0.1, -0.05) is 13.0 Å². The first-order valence-corrected chi connectivity index (χ1v) is 6.82. The minimum atomic E-state index is -5.08. The molecule has 0 bridgehead atoms. The van der Waals surface area contributed by atoms with Gasteiger partial charge in [0, 0.05) is 25.2 Å². The van der Waals surface area contributed by atoms with Crippen LogP contribution in [0.15, 0.2) is 24.3 Å². The van der Waals surface area contributed by atoms with Crippen molar-refractivity contribution in [1.29, 1.82) is 0 Å². The number of benzene rings is 1. The number of alkyl halides is 3. The Bertz CT molecular complexity index is 550. The average Bonchev–Trinajstić information content (AvgIpc) is 2.46. The Labute approximate surface area is 125 Å². The van der Waals surface area contributed by atoms with Crippen molar-refractivity contribution < 1.29 is 27.1 Å². The van der Waals surface area contributed by atoms with Crippen molar-refractivity contribution in [3.8, 4) is 0 Å². The van der Waals surface area contributed by atoms with Gasteiger partial charge in [-0.2, -0.15) is 13.2 Å². The third-order valence-electron chi connectivity index (χ3n) is 3.59. The zero-order valence-corrected chi connectivity index (χ0v) is 11.9. The second kappa shape index (κ2) is 6.12. The third-order valence-corrected chi connectivity index (χ3v) is 3.59. The molecule has 1 aromatic carbocycles. The summed E-state index contributed by atoms with van der Waals surface area (Å²) in [6, 6.07) is 5.47. The van der Waals surface area contributed by atoms with Gasteiger partial charge in [0.2, 0.25) is 0 Å². The minimum absolute atomic E-state index is 0.0296. The van der Waals surface area contributed by atoms with Crippen molar-refractivity contribution >= 4 is 11.7 Å². The summed E-state index contributed by atoms with van der Waals surface area (Å²) < 4.78 is 55.8. The van der Waals surface area contributed by atoms with Gasteiger partial charge in [-0.15, -0.1) is 0 Å². The highest BCUT2D eigenvalue weighted by Crippen LogP contribution is 2.32. The van der Waals surface area contributed by atoms with Gasteiger partial charge in [0.05, 0.1) is 6.54 Å². The Morgan fingerprint density at radius 3 is 2.77 bits per heavy atom. The number of carbonyl (C=O) groups is 1. The Morgan fingerprint density at radius 2 is 2.18 bits per heavy atom. The molecule has 0 aliphatic carbocycles. The van der Waals surface area contributed by atoms with E-state index in [2.05, 4.69) is 5.32 Å². The Balaban J connectivity index is 2.35. The number of ether oxygens (including phenoxy) is 1. The Morgan fingerprint density at radius 1 is 1.45 bits per heavy atom. The van der Waals surface area contributed by atoms with Crippen molar-refractivity contribution in [3.63, 3.8) is 0 Å². The predicted molar refractivity (Wildman–Crippen MR) is 71.8 cm³/mol. The molecule has 1 saturated heterocycles. The number of rotatable bonds is 3. The second-order valence-electron chi connectivity index (χ2n) is 5.00. The van der Waals surface area contributed by atoms with E-state index in [1.54, 1.807) is 13.0 Å². The quantitative estimate of drug-likeness (QED) is 0.686. The molecule has 0 aromatic heterocycles. The first-order chi connectivity index (χ1) is 10.3. The highest BCUT2D eigenvalue weighted by atomic mass is 19.4. The fourth-order valence-electron chi connectivity index (χ4n) is 2.49. The number of esters is 1. The average molecular weight is 320 g/mol. The van der Waals surface area contributed by atoms with Gasteiger partial charge >= 0.3 is 12.1 Å². The van der Waals surface area contributed by atoms with Crippen LogP contribution in [-0.4, -0.2) is 37.5 Å². The summed E-state index contributed by atoms with van der Waals surface area (Å²) >= 11 is 0. The van der Waals surface area contributed by atoms with Crippen LogP contribution in [0.25, 0.3) is 0 Å². The molecule has 1 heterocycles. The maximum Gasteiger partial charge on any atom is 0.491 e. The van der Waals surface area contributed by atoms with Crippen molar-refractivity contribution in [2.24, 2.45) is 0 Å². The molecule has 0 spiro atoms. The van der Waals surface area contributed by atoms with E-state index >= 15 is 0 Å². The van der Waals surface area contributed by atoms with Crippen LogP contribution in [0.3, 0.4) is 0 Å². The van der Waals surface area contributed by atoms with Gasteiger partial charge in [0.1, 0.15) is 5.82 Å². The Hall–Kier alpha value is -1.83. The summed E-state index contributed by atoms with van der Waals surface area (Å²) in [6.45, 7) is 2.43. The molecule has 0 amide bonds. The van der Waals surface area contributed by atoms with Crippen LogP contribution in [0, 0.1) is 5.82 Å². The first-order valence-electron chi connectivity index (χ1n) is 6.82. The van der Waals surface area contributed by atoms with Gasteiger partial charge in [-0.25, -0.2) is 9.18 Å². The Kier molecular flexibility index (Phi) is 4.60. The minimum Gasteiger partial charge on any atom is -0.431 e. The summed E-state index contributed by atoms with van der Waals surface area (Å²) in [5, 5.41) is 2.92. The van der Waals surface area contributed by atoms with Crippen LogP contribution >= 0.6 is 0 Å². The van der Waals surface area contributed by atoms with Crippen molar-refractivity contribution in [2.45, 2.75) is 25.2 Å². The van der Waals surface area contributed by atoms with Crippen LogP contribution in [0.5, 0.6) is 0 Å². The number of hydrogen-bond acceptors (Lipinski definition) is 4. The van der Waals surface area contributed by atoms with E-state index < -0.39 is 23.7 Å². The molecule has 8 heteroatoms. The van der Waals surface area contributed by atoms with Gasteiger partial charge in [-0.3, -0.25) is 0 Å². The van der Waals surface area contributed by atoms with E-state index in [1.165, 1.54) is 23.1 Å². The topological polar surface area (TPSA) is 41.6 Å². The number of halogens is 4. The lowest BCUT2D eigenvalue weighted by molar-refractivity contribution is -0.215. The van der Waals surface area contributed by atoms with Crippen LogP contribution in [0.2, 0.25) is 0 Å². The van der Waals surface area contributed by atoms with E-state index in [4.69, 9.17) is 4.74 Å². The monoisotopic (exact) mass is 320 g/mol. The van der Waals surface area contributed by atoms with E-state index in [-0.39, 0.29) is 13.0 Å². The summed E-state index contributed by atoms with van der Waals surface area (Å²) in [4.78, 5) is 12.8. The lowest BCUT2D eigenvalue weighted by atomic mass is 10.0. The van der Waals surface area contributed by atoms with Crippen molar-refractivity contribution in [2.75, 3.05) is 24.5 Å². The molecule has 1 aromatic rings. The smallest absolute Gasteiger partial charge is 0.431 e. The van der Waals surface area contributed by atoms with Crippen molar-refractivity contribution in [3.05, 3.63) is 30.1 Å². The van der Waals surface area contributed by atoms with E-state index in [0.29, 0.717) is 18.8 Å². The van der Waals surface area contributed by atoms with Gasteiger partial charge in [0.25, 0.3) is 0 Å². The SMILES string of the molecule is CCC1(OC(=O)C(F)(F)F)CNCCN1c1cccc(F)c1. The molecule has 1 aliphatic heterocycles. The molecule has 1 aliphatic rings. The van der Waals surface area contributed by atoms with Crippen molar-refractivity contribution in [1.82, 2.24) is 5.32 Å². The standard InChI is InChI=1S/C14H16F4N2O2/c1-2-13(22-12(21)14(16,17)18)9-19-6-7-20(13)11-5-3-4-10(15)8-11/h3-5,8,19H,2,6-7,9H2,1H3. The first kappa shape index (κ1) is 16.5. The molecular formula is C14H16F4N2O2. The lowest BCUT2D eigenvalue weighted by Gasteiger charge is -2.47. The summed E-state index contributed by atoms with van der Waals surface area (Å²) in [5.41, 5.74) is -1.13. The van der Waals surface area contributed by atoms with E-state index in [1.807, 2.05) is 0 Å². The van der Waals surface area contributed by atoms with Crippen LogP contribution in [-0.2, 0) is 9.53 Å². The maximum atomic E-state index is 13.4. The predicted octanol–water partition coefficient (Wildman–Crippen LogP) is 2.45. The molecule has 1 fully saturated rings.